The standard InChI is InChI=1S/C18H26N4OS2/c1-12(2)8-9-14(4)19-16(23)11-24-18-22-21-17(25-18)20-15-7-5-6-13(3)10-15/h5-7,10,12,14H,8-9,11H2,1-4H3,(H,19,23)(H,20,21)/t14-/m0/s1. The number of nitrogens with zero attached hydrogens (tertiary/aromatic N) is 2. The van der Waals surface area contributed by atoms with Gasteiger partial charge < -0.3 is 10.6 Å². The van der Waals surface area contributed by atoms with Crippen LogP contribution in [-0.4, -0.2) is 27.9 Å². The zero-order valence-electron chi connectivity index (χ0n) is 15.2. The first-order valence-electron chi connectivity index (χ1n) is 8.51. The highest BCUT2D eigenvalue weighted by molar-refractivity contribution is 8.01. The van der Waals surface area contributed by atoms with E-state index >= 15 is 0 Å². The third kappa shape index (κ3) is 7.44. The van der Waals surface area contributed by atoms with Gasteiger partial charge in [-0.1, -0.05) is 49.1 Å². The molecule has 7 heteroatoms. The van der Waals surface area contributed by atoms with Gasteiger partial charge in [0.1, 0.15) is 0 Å². The molecule has 1 atom stereocenters. The smallest absolute Gasteiger partial charge is 0.230 e. The molecule has 0 unspecified atom stereocenters. The molecule has 0 bridgehead atoms. The number of benzene rings is 1. The number of amides is 1. The van der Waals surface area contributed by atoms with E-state index in [2.05, 4.69) is 47.7 Å². The van der Waals surface area contributed by atoms with Crippen LogP contribution in [0.15, 0.2) is 28.6 Å². The molecule has 2 rings (SSSR count). The molecule has 1 aromatic heterocycles. The predicted octanol–water partition coefficient (Wildman–Crippen LogP) is 4.62. The van der Waals surface area contributed by atoms with Crippen LogP contribution < -0.4 is 10.6 Å². The van der Waals surface area contributed by atoms with Crippen molar-refractivity contribution in [3.63, 3.8) is 0 Å². The molecule has 0 saturated carbocycles. The number of thioether (sulfide) groups is 1. The molecule has 1 amide bonds. The molecule has 1 heterocycles. The SMILES string of the molecule is Cc1cccc(Nc2nnc(SCC(=O)N[C@@H](C)CCC(C)C)s2)c1. The molecular weight excluding hydrogens is 352 g/mol. The lowest BCUT2D eigenvalue weighted by Crippen LogP contribution is -2.33. The van der Waals surface area contributed by atoms with Crippen molar-refractivity contribution in [1.82, 2.24) is 15.5 Å². The number of aromatic nitrogens is 2. The normalized spacial score (nSPS) is 12.2. The van der Waals surface area contributed by atoms with Gasteiger partial charge in [-0.2, -0.15) is 0 Å². The largest absolute Gasteiger partial charge is 0.353 e. The van der Waals surface area contributed by atoms with E-state index in [1.165, 1.54) is 28.7 Å². The summed E-state index contributed by atoms with van der Waals surface area (Å²) in [4.78, 5) is 12.0. The Balaban J connectivity index is 1.76. The second-order valence-corrected chi connectivity index (χ2v) is 8.80. The Kier molecular flexibility index (Phi) is 7.71. The lowest BCUT2D eigenvalue weighted by molar-refractivity contribution is -0.119. The van der Waals surface area contributed by atoms with Gasteiger partial charge in [0, 0.05) is 11.7 Å². The van der Waals surface area contributed by atoms with E-state index in [0.717, 1.165) is 28.0 Å². The molecule has 1 aromatic carbocycles. The molecule has 2 N–H and O–H groups in total. The van der Waals surface area contributed by atoms with Gasteiger partial charge in [0.25, 0.3) is 0 Å². The summed E-state index contributed by atoms with van der Waals surface area (Å²) in [5.41, 5.74) is 2.18. The van der Waals surface area contributed by atoms with E-state index in [1.807, 2.05) is 25.1 Å². The Morgan fingerprint density at radius 3 is 2.76 bits per heavy atom. The summed E-state index contributed by atoms with van der Waals surface area (Å²) in [6.45, 7) is 8.50. The highest BCUT2D eigenvalue weighted by Gasteiger charge is 2.11. The third-order valence-electron chi connectivity index (χ3n) is 3.59. The average Bonchev–Trinajstić information content (AvgIpc) is 2.98. The maximum absolute atomic E-state index is 12.0. The van der Waals surface area contributed by atoms with E-state index in [9.17, 15) is 4.79 Å². The Morgan fingerprint density at radius 2 is 2.04 bits per heavy atom. The van der Waals surface area contributed by atoms with Crippen molar-refractivity contribution in [2.75, 3.05) is 11.1 Å². The summed E-state index contributed by atoms with van der Waals surface area (Å²) in [5, 5.41) is 15.3. The summed E-state index contributed by atoms with van der Waals surface area (Å²) in [5.74, 6) is 1.07. The van der Waals surface area contributed by atoms with Crippen LogP contribution in [0.5, 0.6) is 0 Å². The Hall–Kier alpha value is -1.60. The minimum Gasteiger partial charge on any atom is -0.353 e. The van der Waals surface area contributed by atoms with Crippen molar-refractivity contribution >= 4 is 39.8 Å². The first-order chi connectivity index (χ1) is 11.9. The van der Waals surface area contributed by atoms with E-state index in [4.69, 9.17) is 0 Å². The van der Waals surface area contributed by atoms with Crippen LogP contribution in [0.1, 0.15) is 39.2 Å². The molecule has 0 radical (unpaired) electrons. The zero-order valence-corrected chi connectivity index (χ0v) is 16.8. The number of carbonyl (C=O) groups excluding carboxylic acids is 1. The van der Waals surface area contributed by atoms with Crippen LogP contribution in [0.25, 0.3) is 0 Å². The van der Waals surface area contributed by atoms with Crippen LogP contribution in [0.4, 0.5) is 10.8 Å². The highest BCUT2D eigenvalue weighted by atomic mass is 32.2. The summed E-state index contributed by atoms with van der Waals surface area (Å²) in [6, 6.07) is 8.31. The first-order valence-corrected chi connectivity index (χ1v) is 10.3. The molecule has 5 nitrogen and oxygen atoms in total. The lowest BCUT2D eigenvalue weighted by atomic mass is 10.0. The summed E-state index contributed by atoms with van der Waals surface area (Å²) >= 11 is 2.88. The van der Waals surface area contributed by atoms with Crippen molar-refractivity contribution in [1.29, 1.82) is 0 Å². The molecule has 25 heavy (non-hydrogen) atoms. The van der Waals surface area contributed by atoms with Gasteiger partial charge in [0.05, 0.1) is 5.75 Å². The van der Waals surface area contributed by atoms with Crippen LogP contribution in [0, 0.1) is 12.8 Å². The van der Waals surface area contributed by atoms with E-state index in [1.54, 1.807) is 0 Å². The van der Waals surface area contributed by atoms with Gasteiger partial charge in [-0.3, -0.25) is 4.79 Å². The maximum Gasteiger partial charge on any atom is 0.230 e. The fourth-order valence-corrected chi connectivity index (χ4v) is 3.85. The summed E-state index contributed by atoms with van der Waals surface area (Å²) < 4.78 is 0.792. The van der Waals surface area contributed by atoms with Crippen LogP contribution >= 0.6 is 23.1 Å². The summed E-state index contributed by atoms with van der Waals surface area (Å²) in [6.07, 6.45) is 2.14. The van der Waals surface area contributed by atoms with Crippen LogP contribution in [-0.2, 0) is 4.79 Å². The number of aryl methyl sites for hydroxylation is 1. The Morgan fingerprint density at radius 1 is 1.24 bits per heavy atom. The Labute approximate surface area is 158 Å². The lowest BCUT2D eigenvalue weighted by Gasteiger charge is -2.14. The first kappa shape index (κ1) is 19.7. The molecule has 0 aliphatic heterocycles. The number of anilines is 2. The van der Waals surface area contributed by atoms with Gasteiger partial charge in [0.15, 0.2) is 4.34 Å². The molecule has 0 saturated heterocycles. The molecule has 0 spiro atoms. The van der Waals surface area contributed by atoms with Gasteiger partial charge in [-0.25, -0.2) is 0 Å². The number of carbonyl (C=O) groups is 1. The quantitative estimate of drug-likeness (QED) is 0.623. The second kappa shape index (κ2) is 9.77. The number of hydrogen-bond donors (Lipinski definition) is 2. The highest BCUT2D eigenvalue weighted by Crippen LogP contribution is 2.27. The number of rotatable bonds is 9. The van der Waals surface area contributed by atoms with Crippen molar-refractivity contribution in [2.24, 2.45) is 5.92 Å². The van der Waals surface area contributed by atoms with Gasteiger partial charge >= 0.3 is 0 Å². The predicted molar refractivity (Wildman–Crippen MR) is 107 cm³/mol. The average molecular weight is 379 g/mol. The van der Waals surface area contributed by atoms with Gasteiger partial charge in [0.2, 0.25) is 11.0 Å². The van der Waals surface area contributed by atoms with Gasteiger partial charge in [-0.15, -0.1) is 10.2 Å². The number of nitrogens with one attached hydrogen (secondary N) is 2. The van der Waals surface area contributed by atoms with Crippen molar-refractivity contribution in [2.45, 2.75) is 50.9 Å². The van der Waals surface area contributed by atoms with Crippen LogP contribution in [0.3, 0.4) is 0 Å². The summed E-state index contributed by atoms with van der Waals surface area (Å²) in [7, 11) is 0. The monoisotopic (exact) mass is 378 g/mol. The van der Waals surface area contributed by atoms with E-state index in [-0.39, 0.29) is 11.9 Å². The third-order valence-corrected chi connectivity index (χ3v) is 5.56. The van der Waals surface area contributed by atoms with Gasteiger partial charge in [-0.05, 0) is 50.3 Å². The van der Waals surface area contributed by atoms with Crippen LogP contribution in [0.2, 0.25) is 0 Å². The minimum absolute atomic E-state index is 0.0460. The van der Waals surface area contributed by atoms with E-state index < -0.39 is 0 Å². The second-order valence-electron chi connectivity index (χ2n) is 6.60. The van der Waals surface area contributed by atoms with Crippen molar-refractivity contribution in [3.8, 4) is 0 Å². The zero-order chi connectivity index (χ0) is 18.2. The fourth-order valence-electron chi connectivity index (χ4n) is 2.26. The molecular formula is C18H26N4OS2. The number of hydrogen-bond acceptors (Lipinski definition) is 6. The van der Waals surface area contributed by atoms with Crippen molar-refractivity contribution < 1.29 is 4.79 Å². The minimum atomic E-state index is 0.0460. The molecule has 0 fully saturated rings. The van der Waals surface area contributed by atoms with E-state index in [0.29, 0.717) is 11.7 Å². The Bertz CT molecular complexity index is 687. The maximum atomic E-state index is 12.0. The molecule has 0 aliphatic carbocycles. The topological polar surface area (TPSA) is 66.9 Å². The van der Waals surface area contributed by atoms with Crippen molar-refractivity contribution in [3.05, 3.63) is 29.8 Å². The molecule has 0 aliphatic rings. The molecule has 2 aromatic rings. The fraction of sp³-hybridized carbons (Fsp3) is 0.500. The molecule has 136 valence electrons.